The number of halogens is 1. The topological polar surface area (TPSA) is 52.6 Å². The van der Waals surface area contributed by atoms with Crippen LogP contribution in [0.1, 0.15) is 43.4 Å². The molecule has 0 aromatic heterocycles. The van der Waals surface area contributed by atoms with E-state index in [-0.39, 0.29) is 25.6 Å². The van der Waals surface area contributed by atoms with Crippen LogP contribution in [-0.4, -0.2) is 11.9 Å². The van der Waals surface area contributed by atoms with Gasteiger partial charge in [0.2, 0.25) is 0 Å². The molecule has 1 fully saturated rings. The quantitative estimate of drug-likeness (QED) is 0.230. The summed E-state index contributed by atoms with van der Waals surface area (Å²) >= 11 is 6.06. The fourth-order valence-electron chi connectivity index (χ4n) is 4.90. The zero-order chi connectivity index (χ0) is 26.4. The second kappa shape index (κ2) is 11.6. The Balaban J connectivity index is 1.61. The fourth-order valence-corrected chi connectivity index (χ4v) is 5.02. The highest BCUT2D eigenvalue weighted by Gasteiger charge is 2.55. The van der Waals surface area contributed by atoms with Crippen LogP contribution in [0, 0.1) is 11.3 Å². The summed E-state index contributed by atoms with van der Waals surface area (Å²) in [6.45, 7) is 8.50. The molecule has 0 saturated heterocycles. The second-order valence-electron chi connectivity index (χ2n) is 9.62. The number of hydrogen-bond donors (Lipinski definition) is 0. The molecule has 3 aromatic rings. The smallest absolute Gasteiger partial charge is 0.324 e. The third-order valence-corrected chi connectivity index (χ3v) is 7.33. The summed E-state index contributed by atoms with van der Waals surface area (Å²) in [6, 6.07) is 26.4. The monoisotopic (exact) mass is 514 g/mol. The van der Waals surface area contributed by atoms with Crippen molar-refractivity contribution < 1.29 is 19.1 Å². The maximum atomic E-state index is 13.6. The van der Waals surface area contributed by atoms with Gasteiger partial charge in [-0.2, -0.15) is 0 Å². The van der Waals surface area contributed by atoms with E-state index in [4.69, 9.17) is 21.1 Å². The Hall–Kier alpha value is -3.63. The van der Waals surface area contributed by atoms with E-state index in [1.165, 1.54) is 0 Å². The summed E-state index contributed by atoms with van der Waals surface area (Å²) < 4.78 is 11.4. The van der Waals surface area contributed by atoms with Gasteiger partial charge in [-0.1, -0.05) is 103 Å². The van der Waals surface area contributed by atoms with Crippen molar-refractivity contribution in [1.29, 1.82) is 0 Å². The lowest BCUT2D eigenvalue weighted by Gasteiger charge is -2.25. The van der Waals surface area contributed by atoms with E-state index in [9.17, 15) is 9.59 Å². The van der Waals surface area contributed by atoms with E-state index in [0.29, 0.717) is 11.4 Å². The predicted octanol–water partition coefficient (Wildman–Crippen LogP) is 7.57. The van der Waals surface area contributed by atoms with Crippen LogP contribution in [0.25, 0.3) is 5.57 Å². The van der Waals surface area contributed by atoms with Gasteiger partial charge in [0.25, 0.3) is 0 Å². The standard InChI is InChI=1S/C32H31ClO4/c1-22-18-32(30(34)36-20-25-10-6-4-7-11-25,31(35)37-21-26-12-8-5-9-13-26)19-29(22)24(3)23(2)27-14-16-28(33)17-15-27/h4-17,22H,2,18-21H2,1,3H3/b29-24-. The summed E-state index contributed by atoms with van der Waals surface area (Å²) in [5, 5.41) is 0.650. The first-order chi connectivity index (χ1) is 17.8. The van der Waals surface area contributed by atoms with Crippen LogP contribution >= 0.6 is 11.6 Å². The molecule has 37 heavy (non-hydrogen) atoms. The van der Waals surface area contributed by atoms with Gasteiger partial charge >= 0.3 is 11.9 Å². The Morgan fingerprint density at radius 1 is 0.865 bits per heavy atom. The first-order valence-corrected chi connectivity index (χ1v) is 12.7. The van der Waals surface area contributed by atoms with Crippen LogP contribution in [0.15, 0.2) is 103 Å². The lowest BCUT2D eigenvalue weighted by atomic mass is 9.84. The average Bonchev–Trinajstić information content (AvgIpc) is 3.29. The molecule has 4 rings (SSSR count). The molecule has 0 aliphatic heterocycles. The number of esters is 2. The Labute approximate surface area is 223 Å². The Morgan fingerprint density at radius 2 is 1.35 bits per heavy atom. The van der Waals surface area contributed by atoms with Gasteiger partial charge in [-0.3, -0.25) is 9.59 Å². The maximum Gasteiger partial charge on any atom is 0.324 e. The van der Waals surface area contributed by atoms with E-state index in [1.54, 1.807) is 0 Å². The highest BCUT2D eigenvalue weighted by atomic mass is 35.5. The average molecular weight is 515 g/mol. The highest BCUT2D eigenvalue weighted by Crippen LogP contribution is 2.49. The molecule has 0 radical (unpaired) electrons. The molecule has 1 aliphatic rings. The van der Waals surface area contributed by atoms with Gasteiger partial charge in [-0.05, 0) is 65.7 Å². The molecule has 4 nitrogen and oxygen atoms in total. The minimum atomic E-state index is -1.42. The number of benzene rings is 3. The summed E-state index contributed by atoms with van der Waals surface area (Å²) in [6.07, 6.45) is 0.544. The van der Waals surface area contributed by atoms with Crippen molar-refractivity contribution in [3.8, 4) is 0 Å². The minimum absolute atomic E-state index is 0.0300. The molecule has 190 valence electrons. The van der Waals surface area contributed by atoms with Crippen molar-refractivity contribution in [3.05, 3.63) is 124 Å². The summed E-state index contributed by atoms with van der Waals surface area (Å²) in [5.41, 5.74) is 4.05. The van der Waals surface area contributed by atoms with Gasteiger partial charge in [0, 0.05) is 5.02 Å². The Bertz CT molecular complexity index is 1240. The molecule has 3 aromatic carbocycles. The number of allylic oxidation sites excluding steroid dienone is 3. The van der Waals surface area contributed by atoms with E-state index in [1.807, 2.05) is 98.8 Å². The van der Waals surface area contributed by atoms with Crippen molar-refractivity contribution in [2.75, 3.05) is 0 Å². The van der Waals surface area contributed by atoms with Crippen LogP contribution in [0.4, 0.5) is 0 Å². The molecule has 5 heteroatoms. The molecule has 1 atom stereocenters. The maximum absolute atomic E-state index is 13.6. The normalized spacial score (nSPS) is 17.6. The van der Waals surface area contributed by atoms with E-state index in [0.717, 1.165) is 33.4 Å². The zero-order valence-electron chi connectivity index (χ0n) is 21.2. The number of carbonyl (C=O) groups excluding carboxylic acids is 2. The van der Waals surface area contributed by atoms with Crippen LogP contribution < -0.4 is 0 Å². The van der Waals surface area contributed by atoms with Gasteiger partial charge in [-0.15, -0.1) is 0 Å². The van der Waals surface area contributed by atoms with Crippen molar-refractivity contribution in [1.82, 2.24) is 0 Å². The van der Waals surface area contributed by atoms with Crippen LogP contribution in [0.3, 0.4) is 0 Å². The van der Waals surface area contributed by atoms with Crippen LogP contribution in [0.2, 0.25) is 5.02 Å². The predicted molar refractivity (Wildman–Crippen MR) is 146 cm³/mol. The largest absolute Gasteiger partial charge is 0.460 e. The van der Waals surface area contributed by atoms with Gasteiger partial charge in [0.1, 0.15) is 13.2 Å². The van der Waals surface area contributed by atoms with Crippen molar-refractivity contribution in [3.63, 3.8) is 0 Å². The van der Waals surface area contributed by atoms with E-state index < -0.39 is 17.4 Å². The van der Waals surface area contributed by atoms with Crippen molar-refractivity contribution >= 4 is 29.1 Å². The van der Waals surface area contributed by atoms with Crippen LogP contribution in [-0.2, 0) is 32.3 Å². The molecule has 0 amide bonds. The third-order valence-electron chi connectivity index (χ3n) is 7.08. The highest BCUT2D eigenvalue weighted by molar-refractivity contribution is 6.30. The van der Waals surface area contributed by atoms with Gasteiger partial charge < -0.3 is 9.47 Å². The number of carbonyl (C=O) groups is 2. The zero-order valence-corrected chi connectivity index (χ0v) is 22.0. The molecule has 0 bridgehead atoms. The second-order valence-corrected chi connectivity index (χ2v) is 10.1. The molecule has 1 saturated carbocycles. The Kier molecular flexibility index (Phi) is 8.30. The number of ether oxygens (including phenoxy) is 2. The number of rotatable bonds is 8. The molecule has 0 N–H and O–H groups in total. The van der Waals surface area contributed by atoms with Gasteiger partial charge in [0.15, 0.2) is 5.41 Å². The van der Waals surface area contributed by atoms with E-state index in [2.05, 4.69) is 6.58 Å². The lowest BCUT2D eigenvalue weighted by molar-refractivity contribution is -0.174. The molecule has 1 unspecified atom stereocenters. The molecule has 1 aliphatic carbocycles. The first kappa shape index (κ1) is 26.4. The van der Waals surface area contributed by atoms with Crippen LogP contribution in [0.5, 0.6) is 0 Å². The van der Waals surface area contributed by atoms with Crippen molar-refractivity contribution in [2.24, 2.45) is 11.3 Å². The fraction of sp³-hybridized carbons (Fsp3) is 0.250. The van der Waals surface area contributed by atoms with Gasteiger partial charge in [0.05, 0.1) is 0 Å². The Morgan fingerprint density at radius 3 is 1.84 bits per heavy atom. The summed E-state index contributed by atoms with van der Waals surface area (Å²) in [7, 11) is 0. The molecule has 0 spiro atoms. The minimum Gasteiger partial charge on any atom is -0.460 e. The third kappa shape index (κ3) is 6.03. The summed E-state index contributed by atoms with van der Waals surface area (Å²) in [5.74, 6) is -1.14. The molecular weight excluding hydrogens is 484 g/mol. The summed E-state index contributed by atoms with van der Waals surface area (Å²) in [4.78, 5) is 27.2. The first-order valence-electron chi connectivity index (χ1n) is 12.4. The van der Waals surface area contributed by atoms with E-state index >= 15 is 0 Å². The lowest BCUT2D eigenvalue weighted by Crippen LogP contribution is -2.40. The SMILES string of the molecule is C=C(/C(C)=C1/CC(C(=O)OCc2ccccc2)(C(=O)OCc2ccccc2)CC1C)c1ccc(Cl)cc1. The van der Waals surface area contributed by atoms with Gasteiger partial charge in [-0.25, -0.2) is 0 Å². The van der Waals surface area contributed by atoms with Crippen molar-refractivity contribution in [2.45, 2.75) is 39.9 Å². The number of hydrogen-bond acceptors (Lipinski definition) is 4. The molecular formula is C32H31ClO4. The molecule has 0 heterocycles.